The first-order valence-electron chi connectivity index (χ1n) is 8.58. The predicted octanol–water partition coefficient (Wildman–Crippen LogP) is 5.46. The van der Waals surface area contributed by atoms with Crippen LogP contribution in [0.2, 0.25) is 0 Å². The Morgan fingerprint density at radius 1 is 1.11 bits per heavy atom. The van der Waals surface area contributed by atoms with Crippen molar-refractivity contribution >= 4 is 39.5 Å². The first kappa shape index (κ1) is 16.0. The summed E-state index contributed by atoms with van der Waals surface area (Å²) in [5.74, 6) is 1.83. The van der Waals surface area contributed by atoms with Gasteiger partial charge in [-0.1, -0.05) is 24.3 Å². The molecule has 5 rings (SSSR count). The van der Waals surface area contributed by atoms with E-state index in [0.717, 1.165) is 21.9 Å². The second kappa shape index (κ2) is 6.17. The topological polar surface area (TPSA) is 61.5 Å². The molecule has 2 aromatic carbocycles. The van der Waals surface area contributed by atoms with Gasteiger partial charge in [0, 0.05) is 5.69 Å². The van der Waals surface area contributed by atoms with E-state index in [4.69, 9.17) is 14.6 Å². The Balaban J connectivity index is 1.67. The van der Waals surface area contributed by atoms with Gasteiger partial charge in [-0.05, 0) is 46.5 Å². The van der Waals surface area contributed by atoms with Gasteiger partial charge >= 0.3 is 0 Å². The summed E-state index contributed by atoms with van der Waals surface area (Å²) in [6.07, 6.45) is 1.39. The largest absolute Gasteiger partial charge is 0.497 e. The van der Waals surface area contributed by atoms with E-state index < -0.39 is 0 Å². The molecular formula is C21H17N3O2S. The molecule has 27 heavy (non-hydrogen) atoms. The molecule has 1 unspecified atom stereocenters. The first-order chi connectivity index (χ1) is 13.3. The third kappa shape index (κ3) is 2.49. The number of anilines is 2. The Hall–Kier alpha value is -3.25. The van der Waals surface area contributed by atoms with Crippen LogP contribution in [0.3, 0.4) is 0 Å². The van der Waals surface area contributed by atoms with Crippen molar-refractivity contribution in [3.8, 4) is 5.75 Å². The summed E-state index contributed by atoms with van der Waals surface area (Å²) in [7, 11) is 1.65. The number of nitrogens with one attached hydrogen (secondary N) is 2. The Morgan fingerprint density at radius 2 is 1.93 bits per heavy atom. The van der Waals surface area contributed by atoms with Crippen LogP contribution in [0.15, 0.2) is 70.7 Å². The lowest BCUT2D eigenvalue weighted by Gasteiger charge is -2.37. The summed E-state index contributed by atoms with van der Waals surface area (Å²) in [4.78, 5) is 3.14. The van der Waals surface area contributed by atoms with Crippen molar-refractivity contribution in [1.29, 1.82) is 5.41 Å². The van der Waals surface area contributed by atoms with Crippen molar-refractivity contribution in [1.82, 2.24) is 0 Å². The number of fused-ring (bicyclic) bond motifs is 2. The number of thiophene rings is 1. The maximum absolute atomic E-state index is 8.82. The molecule has 0 spiro atoms. The summed E-state index contributed by atoms with van der Waals surface area (Å²) in [5, 5.41) is 16.8. The van der Waals surface area contributed by atoms with Crippen LogP contribution in [-0.2, 0) is 0 Å². The molecule has 0 fully saturated rings. The van der Waals surface area contributed by atoms with Crippen molar-refractivity contribution in [3.63, 3.8) is 0 Å². The van der Waals surface area contributed by atoms with Crippen molar-refractivity contribution in [2.75, 3.05) is 17.3 Å². The standard InChI is InChI=1S/C21H17N3O2S/c1-25-15-8-6-14(7-9-15)24-19(22)17-10-11-26-21(17)23-20(24)18-16-5-3-2-4-13(16)12-27-18/h2-12,20,22-23H,1H3. The smallest absolute Gasteiger partial charge is 0.205 e. The van der Waals surface area contributed by atoms with E-state index in [2.05, 4.69) is 22.8 Å². The number of amidine groups is 1. The molecule has 4 aromatic rings. The molecular weight excluding hydrogens is 358 g/mol. The average molecular weight is 375 g/mol. The summed E-state index contributed by atoms with van der Waals surface area (Å²) in [6, 6.07) is 17.9. The van der Waals surface area contributed by atoms with Crippen LogP contribution in [-0.4, -0.2) is 12.9 Å². The Kier molecular flexibility index (Phi) is 3.65. The highest BCUT2D eigenvalue weighted by atomic mass is 32.1. The minimum atomic E-state index is -0.227. The maximum atomic E-state index is 8.82. The summed E-state index contributed by atoms with van der Waals surface area (Å²) in [5.41, 5.74) is 1.67. The van der Waals surface area contributed by atoms with Gasteiger partial charge in [0.15, 0.2) is 0 Å². The predicted molar refractivity (Wildman–Crippen MR) is 109 cm³/mol. The molecule has 134 valence electrons. The number of hydrogen-bond donors (Lipinski definition) is 2. The molecule has 1 aliphatic heterocycles. The fraction of sp³-hybridized carbons (Fsp3) is 0.0952. The molecule has 6 heteroatoms. The van der Waals surface area contributed by atoms with Gasteiger partial charge in [0.2, 0.25) is 5.88 Å². The van der Waals surface area contributed by atoms with Crippen LogP contribution in [0.1, 0.15) is 16.6 Å². The van der Waals surface area contributed by atoms with Gasteiger partial charge < -0.3 is 19.4 Å². The monoisotopic (exact) mass is 375 g/mol. The molecule has 0 bridgehead atoms. The van der Waals surface area contributed by atoms with Crippen molar-refractivity contribution in [2.45, 2.75) is 6.17 Å². The summed E-state index contributed by atoms with van der Waals surface area (Å²) < 4.78 is 10.9. The minimum absolute atomic E-state index is 0.227. The Bertz CT molecular complexity index is 1130. The molecule has 2 N–H and O–H groups in total. The average Bonchev–Trinajstić information content (AvgIpc) is 3.35. The van der Waals surface area contributed by atoms with Crippen molar-refractivity contribution < 1.29 is 9.15 Å². The molecule has 0 aliphatic carbocycles. The second-order valence-electron chi connectivity index (χ2n) is 6.31. The highest BCUT2D eigenvalue weighted by Gasteiger charge is 2.35. The Morgan fingerprint density at radius 3 is 2.74 bits per heavy atom. The van der Waals surface area contributed by atoms with Crippen LogP contribution in [0, 0.1) is 5.41 Å². The van der Waals surface area contributed by atoms with Gasteiger partial charge in [0.1, 0.15) is 17.8 Å². The third-order valence-corrected chi connectivity index (χ3v) is 5.89. The lowest BCUT2D eigenvalue weighted by atomic mass is 10.1. The fourth-order valence-electron chi connectivity index (χ4n) is 3.49. The molecule has 0 amide bonds. The van der Waals surface area contributed by atoms with Crippen LogP contribution < -0.4 is 15.0 Å². The Labute approximate surface area is 160 Å². The van der Waals surface area contributed by atoms with Gasteiger partial charge in [0.05, 0.1) is 23.8 Å². The zero-order valence-electron chi connectivity index (χ0n) is 14.6. The molecule has 1 aliphatic rings. The quantitative estimate of drug-likeness (QED) is 0.499. The molecule has 0 radical (unpaired) electrons. The lowest BCUT2D eigenvalue weighted by Crippen LogP contribution is -2.42. The molecule has 0 saturated carbocycles. The minimum Gasteiger partial charge on any atom is -0.497 e. The lowest BCUT2D eigenvalue weighted by molar-refractivity contribution is 0.415. The number of hydrogen-bond acceptors (Lipinski definition) is 5. The fourth-order valence-corrected chi connectivity index (χ4v) is 4.55. The number of methoxy groups -OCH3 is 1. The van der Waals surface area contributed by atoms with E-state index >= 15 is 0 Å². The van der Waals surface area contributed by atoms with Crippen LogP contribution in [0.25, 0.3) is 10.8 Å². The maximum Gasteiger partial charge on any atom is 0.205 e. The molecule has 3 heterocycles. The van der Waals surface area contributed by atoms with Crippen LogP contribution in [0.4, 0.5) is 11.6 Å². The van der Waals surface area contributed by atoms with Crippen LogP contribution in [0.5, 0.6) is 5.75 Å². The third-order valence-electron chi connectivity index (χ3n) is 4.83. The normalized spacial score (nSPS) is 16.3. The van der Waals surface area contributed by atoms with Crippen molar-refractivity contribution in [3.05, 3.63) is 76.7 Å². The van der Waals surface area contributed by atoms with E-state index in [1.807, 2.05) is 47.4 Å². The highest BCUT2D eigenvalue weighted by Crippen LogP contribution is 2.41. The molecule has 0 saturated heterocycles. The van der Waals surface area contributed by atoms with E-state index in [0.29, 0.717) is 11.7 Å². The zero-order valence-corrected chi connectivity index (χ0v) is 15.4. The van der Waals surface area contributed by atoms with E-state index in [1.54, 1.807) is 24.7 Å². The van der Waals surface area contributed by atoms with Gasteiger partial charge in [0.25, 0.3) is 0 Å². The number of benzene rings is 2. The highest BCUT2D eigenvalue weighted by molar-refractivity contribution is 7.11. The summed E-state index contributed by atoms with van der Waals surface area (Å²) in [6.45, 7) is 0. The number of nitrogens with zero attached hydrogens (tertiary/aromatic N) is 1. The van der Waals surface area contributed by atoms with E-state index in [1.165, 1.54) is 10.8 Å². The first-order valence-corrected chi connectivity index (χ1v) is 9.46. The summed E-state index contributed by atoms with van der Waals surface area (Å²) >= 11 is 1.69. The van der Waals surface area contributed by atoms with Gasteiger partial charge in [-0.3, -0.25) is 5.41 Å². The van der Waals surface area contributed by atoms with Gasteiger partial charge in [-0.25, -0.2) is 0 Å². The van der Waals surface area contributed by atoms with E-state index in [9.17, 15) is 0 Å². The van der Waals surface area contributed by atoms with Gasteiger partial charge in [-0.2, -0.15) is 0 Å². The number of rotatable bonds is 3. The molecule has 1 atom stereocenters. The molecule has 2 aromatic heterocycles. The van der Waals surface area contributed by atoms with E-state index in [-0.39, 0.29) is 6.17 Å². The van der Waals surface area contributed by atoms with Crippen LogP contribution >= 0.6 is 11.3 Å². The molecule has 5 nitrogen and oxygen atoms in total. The second-order valence-corrected chi connectivity index (χ2v) is 7.23. The SMILES string of the molecule is COc1ccc(N2C(=N)c3ccoc3NC2c2scc3ccccc23)cc1. The zero-order chi connectivity index (χ0) is 18.4. The number of furan rings is 1. The number of ether oxygens (including phenoxy) is 1. The van der Waals surface area contributed by atoms with Crippen molar-refractivity contribution in [2.24, 2.45) is 0 Å². The van der Waals surface area contributed by atoms with Gasteiger partial charge in [-0.15, -0.1) is 11.3 Å².